The molecule has 24 heavy (non-hydrogen) atoms. The molecule has 1 saturated heterocycles. The van der Waals surface area contributed by atoms with Gasteiger partial charge in [0, 0.05) is 11.9 Å². The van der Waals surface area contributed by atoms with E-state index < -0.39 is 42.2 Å². The largest absolute Gasteiger partial charge is 0.462 e. The van der Waals surface area contributed by atoms with E-state index >= 15 is 0 Å². The van der Waals surface area contributed by atoms with Crippen LogP contribution in [0.25, 0.3) is 0 Å². The second-order valence-electron chi connectivity index (χ2n) is 5.08. The van der Waals surface area contributed by atoms with Crippen LogP contribution in [-0.4, -0.2) is 67.7 Å². The Morgan fingerprint density at radius 1 is 1.54 bits per heavy atom. The van der Waals surface area contributed by atoms with Crippen molar-refractivity contribution in [2.75, 3.05) is 17.8 Å². The number of esters is 1. The Kier molecular flexibility index (Phi) is 6.15. The fourth-order valence-electron chi connectivity index (χ4n) is 2.11. The maximum Gasteiger partial charge on any atom is 0.351 e. The highest BCUT2D eigenvalue weighted by Crippen LogP contribution is 2.28. The van der Waals surface area contributed by atoms with Gasteiger partial charge in [0.05, 0.1) is 0 Å². The Balaban J connectivity index is 2.07. The van der Waals surface area contributed by atoms with Crippen LogP contribution in [0.15, 0.2) is 17.1 Å². The van der Waals surface area contributed by atoms with Crippen LogP contribution in [0, 0.1) is 0 Å². The van der Waals surface area contributed by atoms with E-state index in [0.717, 1.165) is 4.57 Å². The van der Waals surface area contributed by atoms with Crippen molar-refractivity contribution in [1.82, 2.24) is 9.55 Å². The monoisotopic (exact) mass is 362 g/mol. The predicted octanol–water partition coefficient (Wildman–Crippen LogP) is -2.54. The number of aliphatic hydroxyl groups excluding tert-OH is 2. The lowest BCUT2D eigenvalue weighted by Crippen LogP contribution is -2.39. The summed E-state index contributed by atoms with van der Waals surface area (Å²) in [4.78, 5) is 26.9. The van der Waals surface area contributed by atoms with E-state index in [1.165, 1.54) is 12.3 Å². The molecule has 6 N–H and O–H groups in total. The Bertz CT molecular complexity index is 642. The number of ether oxygens (including phenoxy) is 2. The van der Waals surface area contributed by atoms with Gasteiger partial charge in [-0.1, -0.05) is 0 Å². The second-order valence-corrected chi connectivity index (χ2v) is 5.44. The van der Waals surface area contributed by atoms with Crippen LogP contribution in [0.4, 0.5) is 5.82 Å². The molecular weight excluding hydrogens is 344 g/mol. The summed E-state index contributed by atoms with van der Waals surface area (Å²) in [6.07, 6.45) is -3.89. The molecule has 0 aromatic carbocycles. The van der Waals surface area contributed by atoms with Gasteiger partial charge in [-0.15, -0.1) is 0 Å². The van der Waals surface area contributed by atoms with Crippen LogP contribution in [0.2, 0.25) is 0 Å². The number of carbonyl (C=O) groups excluding carboxylic acids is 1. The van der Waals surface area contributed by atoms with E-state index in [1.807, 2.05) is 0 Å². The first-order valence-corrected chi connectivity index (χ1v) is 7.56. The molecule has 1 fully saturated rings. The summed E-state index contributed by atoms with van der Waals surface area (Å²) in [5, 5.41) is 28.7. The molecule has 2 heterocycles. The van der Waals surface area contributed by atoms with Crippen LogP contribution < -0.4 is 16.9 Å². The van der Waals surface area contributed by atoms with Crippen LogP contribution in [0.3, 0.4) is 0 Å². The Hall–Kier alpha value is -1.70. The molecule has 11 nitrogen and oxygen atoms in total. The number of aromatic nitrogens is 2. The van der Waals surface area contributed by atoms with E-state index in [-0.39, 0.29) is 18.2 Å². The molecule has 0 saturated carbocycles. The summed E-state index contributed by atoms with van der Waals surface area (Å²) in [5.74, 6) is -0.726. The number of anilines is 1. The van der Waals surface area contributed by atoms with Gasteiger partial charge in [-0.3, -0.25) is 20.0 Å². The Morgan fingerprint density at radius 3 is 2.83 bits per heavy atom. The number of nitrogens with two attached hydrogens (primary N) is 1. The summed E-state index contributed by atoms with van der Waals surface area (Å²) in [5.41, 5.74) is 6.34. The number of thiol groups is 1. The van der Waals surface area contributed by atoms with E-state index in [1.54, 1.807) is 5.48 Å². The van der Waals surface area contributed by atoms with Gasteiger partial charge < -0.3 is 25.4 Å². The smallest absolute Gasteiger partial charge is 0.351 e. The lowest BCUT2D eigenvalue weighted by Gasteiger charge is -2.17. The summed E-state index contributed by atoms with van der Waals surface area (Å²) in [6.45, 7) is -0.354. The maximum absolute atomic E-state index is 11.9. The van der Waals surface area contributed by atoms with Crippen molar-refractivity contribution >= 4 is 24.4 Å². The molecule has 1 aliphatic rings. The minimum atomic E-state index is -1.44. The zero-order valence-corrected chi connectivity index (χ0v) is 13.2. The molecule has 134 valence electrons. The Morgan fingerprint density at radius 2 is 2.25 bits per heavy atom. The van der Waals surface area contributed by atoms with Gasteiger partial charge in [-0.25, -0.2) is 4.79 Å². The summed E-state index contributed by atoms with van der Waals surface area (Å²) < 4.78 is 11.2. The molecule has 0 bridgehead atoms. The van der Waals surface area contributed by atoms with Gasteiger partial charge in [-0.2, -0.15) is 17.6 Å². The molecule has 1 aromatic heterocycles. The number of nitrogens with zero attached hydrogens (tertiary/aromatic N) is 2. The van der Waals surface area contributed by atoms with Gasteiger partial charge in [0.15, 0.2) is 12.0 Å². The Labute approximate surface area is 141 Å². The average Bonchev–Trinajstić information content (AvgIpc) is 2.86. The molecule has 0 radical (unpaired) electrons. The van der Waals surface area contributed by atoms with Crippen LogP contribution in [0.1, 0.15) is 6.23 Å². The van der Waals surface area contributed by atoms with E-state index in [4.69, 9.17) is 20.4 Å². The fourth-order valence-corrected chi connectivity index (χ4v) is 2.26. The first-order chi connectivity index (χ1) is 11.4. The number of hydrogen-bond acceptors (Lipinski definition) is 11. The van der Waals surface area contributed by atoms with Crippen molar-refractivity contribution in [3.63, 3.8) is 0 Å². The zero-order valence-electron chi connectivity index (χ0n) is 12.3. The fraction of sp³-hybridized carbons (Fsp3) is 0.583. The van der Waals surface area contributed by atoms with Crippen molar-refractivity contribution in [2.24, 2.45) is 5.73 Å². The van der Waals surface area contributed by atoms with Crippen LogP contribution >= 0.6 is 12.6 Å². The van der Waals surface area contributed by atoms with Crippen LogP contribution in [0.5, 0.6) is 0 Å². The normalized spacial score (nSPS) is 27.7. The van der Waals surface area contributed by atoms with Crippen molar-refractivity contribution in [1.29, 1.82) is 0 Å². The molecule has 1 aliphatic heterocycles. The van der Waals surface area contributed by atoms with Gasteiger partial charge in [0.1, 0.15) is 31.0 Å². The first-order valence-electron chi connectivity index (χ1n) is 6.93. The summed E-state index contributed by atoms with van der Waals surface area (Å²) >= 11 is 3.86. The van der Waals surface area contributed by atoms with Gasteiger partial charge >= 0.3 is 11.7 Å². The molecule has 5 atom stereocenters. The number of hydrogen-bond donors (Lipinski definition) is 6. The second kappa shape index (κ2) is 7.92. The number of aliphatic hydroxyl groups is 2. The summed E-state index contributed by atoms with van der Waals surface area (Å²) in [7, 11) is 0. The topological polar surface area (TPSA) is 169 Å². The third-order valence-corrected chi connectivity index (χ3v) is 3.84. The maximum atomic E-state index is 11.9. The van der Waals surface area contributed by atoms with Crippen molar-refractivity contribution in [3.8, 4) is 0 Å². The predicted molar refractivity (Wildman–Crippen MR) is 82.6 cm³/mol. The zero-order chi connectivity index (χ0) is 17.9. The standard InChI is InChI=1S/C12H18N4O7S/c13-5(4-24)11(19)22-3-6-8(17)9(18)10(23-6)16-2-1-7(15-21)14-12(16)20/h1-2,5-6,8-10,17-18,21,24H,3-4,13H2,(H,14,15,20)/t5-,6-,8-,9-,10-/m1/s1. The van der Waals surface area contributed by atoms with E-state index in [0.29, 0.717) is 0 Å². The van der Waals surface area contributed by atoms with E-state index in [2.05, 4.69) is 17.6 Å². The lowest BCUT2D eigenvalue weighted by atomic mass is 10.1. The van der Waals surface area contributed by atoms with Gasteiger partial charge in [0.2, 0.25) is 0 Å². The average molecular weight is 362 g/mol. The van der Waals surface area contributed by atoms with Crippen molar-refractivity contribution in [2.45, 2.75) is 30.6 Å². The highest BCUT2D eigenvalue weighted by Gasteiger charge is 2.44. The number of nitrogens with one attached hydrogen (secondary N) is 1. The van der Waals surface area contributed by atoms with Gasteiger partial charge in [0.25, 0.3) is 0 Å². The lowest BCUT2D eigenvalue weighted by molar-refractivity contribution is -0.151. The molecule has 0 spiro atoms. The number of rotatable bonds is 6. The first kappa shape index (κ1) is 18.6. The van der Waals surface area contributed by atoms with Crippen molar-refractivity contribution < 1.29 is 29.7 Å². The minimum absolute atomic E-state index is 0.0875. The molecule has 12 heteroatoms. The molecule has 0 amide bonds. The molecule has 1 aromatic rings. The number of carbonyl (C=O) groups is 1. The molecule has 0 aliphatic carbocycles. The summed E-state index contributed by atoms with van der Waals surface area (Å²) in [6, 6.07) is 0.348. The third-order valence-electron chi connectivity index (χ3n) is 3.45. The molecule has 0 unspecified atom stereocenters. The highest BCUT2D eigenvalue weighted by molar-refractivity contribution is 7.80. The van der Waals surface area contributed by atoms with Gasteiger partial charge in [-0.05, 0) is 6.07 Å². The quantitative estimate of drug-likeness (QED) is 0.180. The SMILES string of the molecule is N[C@H](CS)C(=O)OC[C@H]1O[C@@H](n2ccc(NO)nc2=O)[C@H](O)[C@@H]1O. The van der Waals surface area contributed by atoms with Crippen molar-refractivity contribution in [3.05, 3.63) is 22.7 Å². The third kappa shape index (κ3) is 3.85. The molecular formula is C12H18N4O7S. The van der Waals surface area contributed by atoms with Crippen LogP contribution in [-0.2, 0) is 14.3 Å². The molecule has 2 rings (SSSR count). The minimum Gasteiger partial charge on any atom is -0.462 e. The highest BCUT2D eigenvalue weighted by atomic mass is 32.1. The van der Waals surface area contributed by atoms with E-state index in [9.17, 15) is 19.8 Å².